The van der Waals surface area contributed by atoms with Crippen LogP contribution in [0.25, 0.3) is 0 Å². The van der Waals surface area contributed by atoms with Gasteiger partial charge >= 0.3 is 0 Å². The molecule has 0 aromatic heterocycles. The molecule has 0 fully saturated rings. The zero-order valence-corrected chi connectivity index (χ0v) is 12.3. The quantitative estimate of drug-likeness (QED) is 0.602. The van der Waals surface area contributed by atoms with E-state index in [1.165, 1.54) is 18.2 Å². The molecule has 0 heterocycles. The summed E-state index contributed by atoms with van der Waals surface area (Å²) in [6.07, 6.45) is 1.97. The van der Waals surface area contributed by atoms with Crippen LogP contribution < -0.4 is 4.74 Å². The molecule has 0 aliphatic carbocycles. The molecular weight excluding hydrogens is 299 g/mol. The summed E-state index contributed by atoms with van der Waals surface area (Å²) >= 11 is 7.25. The van der Waals surface area contributed by atoms with E-state index in [-0.39, 0.29) is 17.4 Å². The zero-order chi connectivity index (χ0) is 14.5. The van der Waals surface area contributed by atoms with Gasteiger partial charge < -0.3 is 4.74 Å². The van der Waals surface area contributed by atoms with Crippen molar-refractivity contribution in [3.63, 3.8) is 0 Å². The van der Waals surface area contributed by atoms with Crippen molar-refractivity contribution in [3.05, 3.63) is 58.9 Å². The van der Waals surface area contributed by atoms with E-state index in [2.05, 4.69) is 0 Å². The zero-order valence-electron chi connectivity index (χ0n) is 10.7. The molecule has 0 aliphatic rings. The summed E-state index contributed by atoms with van der Waals surface area (Å²) in [7, 11) is 0. The molecule has 2 aromatic carbocycles. The van der Waals surface area contributed by atoms with Crippen LogP contribution in [-0.2, 0) is 0 Å². The Hall–Kier alpha value is -1.52. The van der Waals surface area contributed by atoms with E-state index in [1.807, 2.05) is 18.4 Å². The van der Waals surface area contributed by atoms with Crippen molar-refractivity contribution in [2.75, 3.05) is 12.9 Å². The van der Waals surface area contributed by atoms with E-state index in [4.69, 9.17) is 16.3 Å². The molecule has 104 valence electrons. The molecule has 0 aliphatic heterocycles. The third-order valence-electron chi connectivity index (χ3n) is 2.67. The van der Waals surface area contributed by atoms with Crippen molar-refractivity contribution in [3.8, 4) is 5.75 Å². The first kappa shape index (κ1) is 14.9. The van der Waals surface area contributed by atoms with Crippen molar-refractivity contribution in [2.24, 2.45) is 0 Å². The topological polar surface area (TPSA) is 26.3 Å². The standard InChI is InChI=1S/C15H12ClFO2S/c1-20-12-5-2-10(3-6-12)15(18)9-19-11-4-7-14(17)13(16)8-11/h2-8H,9H2,1H3. The third kappa shape index (κ3) is 3.74. The molecule has 0 bridgehead atoms. The van der Waals surface area contributed by atoms with E-state index < -0.39 is 5.82 Å². The number of halogens is 2. The van der Waals surface area contributed by atoms with Gasteiger partial charge in [0, 0.05) is 16.5 Å². The van der Waals surface area contributed by atoms with Gasteiger partial charge in [0.2, 0.25) is 0 Å². The summed E-state index contributed by atoms with van der Waals surface area (Å²) < 4.78 is 18.3. The SMILES string of the molecule is CSc1ccc(C(=O)COc2ccc(F)c(Cl)c2)cc1. The summed E-state index contributed by atoms with van der Waals surface area (Å²) in [5.74, 6) is -0.290. The number of carbonyl (C=O) groups is 1. The normalized spacial score (nSPS) is 10.3. The molecule has 20 heavy (non-hydrogen) atoms. The van der Waals surface area contributed by atoms with Crippen LogP contribution >= 0.6 is 23.4 Å². The molecule has 0 saturated carbocycles. The Bertz CT molecular complexity index is 614. The lowest BCUT2D eigenvalue weighted by Gasteiger charge is -2.06. The number of hydrogen-bond acceptors (Lipinski definition) is 3. The molecular formula is C15H12ClFO2S. The molecule has 2 rings (SSSR count). The fraction of sp³-hybridized carbons (Fsp3) is 0.133. The maximum absolute atomic E-state index is 13.0. The molecule has 0 amide bonds. The fourth-order valence-corrected chi connectivity index (χ4v) is 2.15. The van der Waals surface area contributed by atoms with Crippen molar-refractivity contribution < 1.29 is 13.9 Å². The van der Waals surface area contributed by atoms with Crippen LogP contribution in [0, 0.1) is 5.82 Å². The van der Waals surface area contributed by atoms with Crippen LogP contribution in [0.15, 0.2) is 47.4 Å². The monoisotopic (exact) mass is 310 g/mol. The van der Waals surface area contributed by atoms with Crippen molar-refractivity contribution in [1.82, 2.24) is 0 Å². The second kappa shape index (κ2) is 6.77. The van der Waals surface area contributed by atoms with E-state index >= 15 is 0 Å². The Morgan fingerprint density at radius 1 is 1.25 bits per heavy atom. The molecule has 5 heteroatoms. The van der Waals surface area contributed by atoms with Crippen LogP contribution in [0.4, 0.5) is 4.39 Å². The fourth-order valence-electron chi connectivity index (χ4n) is 1.58. The largest absolute Gasteiger partial charge is 0.485 e. The summed E-state index contributed by atoms with van der Waals surface area (Å²) in [6.45, 7) is -0.111. The van der Waals surface area contributed by atoms with E-state index in [0.29, 0.717) is 11.3 Å². The Morgan fingerprint density at radius 2 is 1.95 bits per heavy atom. The van der Waals surface area contributed by atoms with Crippen molar-refractivity contribution in [2.45, 2.75) is 4.90 Å². The minimum Gasteiger partial charge on any atom is -0.485 e. The maximum atomic E-state index is 13.0. The van der Waals surface area contributed by atoms with Crippen LogP contribution in [-0.4, -0.2) is 18.6 Å². The highest BCUT2D eigenvalue weighted by Gasteiger charge is 2.08. The summed E-state index contributed by atoms with van der Waals surface area (Å²) in [6, 6.07) is 11.3. The highest BCUT2D eigenvalue weighted by molar-refractivity contribution is 7.98. The number of hydrogen-bond donors (Lipinski definition) is 0. The van der Waals surface area contributed by atoms with Gasteiger partial charge in [-0.3, -0.25) is 4.79 Å². The van der Waals surface area contributed by atoms with Gasteiger partial charge in [0.15, 0.2) is 12.4 Å². The summed E-state index contributed by atoms with van der Waals surface area (Å²) in [5.41, 5.74) is 0.580. The molecule has 0 saturated heterocycles. The first-order valence-electron chi connectivity index (χ1n) is 5.85. The van der Waals surface area contributed by atoms with Gasteiger partial charge in [-0.15, -0.1) is 11.8 Å². The lowest BCUT2D eigenvalue weighted by atomic mass is 10.1. The van der Waals surface area contributed by atoms with Gasteiger partial charge in [0.25, 0.3) is 0 Å². The lowest BCUT2D eigenvalue weighted by molar-refractivity contribution is 0.0921. The molecule has 0 spiro atoms. The Morgan fingerprint density at radius 3 is 2.55 bits per heavy atom. The second-order valence-corrected chi connectivity index (χ2v) is 5.30. The number of thioether (sulfide) groups is 1. The number of Topliss-reactive ketones (excluding diaryl/α,β-unsaturated/α-hetero) is 1. The molecule has 0 unspecified atom stereocenters. The van der Waals surface area contributed by atoms with Crippen molar-refractivity contribution >= 4 is 29.1 Å². The minimum atomic E-state index is -0.516. The summed E-state index contributed by atoms with van der Waals surface area (Å²) in [4.78, 5) is 13.0. The number of benzene rings is 2. The summed E-state index contributed by atoms with van der Waals surface area (Å²) in [5, 5.41) is -0.0285. The van der Waals surface area contributed by atoms with Gasteiger partial charge in [0.05, 0.1) is 5.02 Å². The Balaban J connectivity index is 1.98. The van der Waals surface area contributed by atoms with Gasteiger partial charge in [-0.05, 0) is 30.5 Å². The second-order valence-electron chi connectivity index (χ2n) is 4.02. The van der Waals surface area contributed by atoms with Crippen LogP contribution in [0.1, 0.15) is 10.4 Å². The van der Waals surface area contributed by atoms with Crippen LogP contribution in [0.5, 0.6) is 5.75 Å². The minimum absolute atomic E-state index is 0.0285. The van der Waals surface area contributed by atoms with E-state index in [0.717, 1.165) is 4.90 Å². The number of rotatable bonds is 5. The first-order valence-corrected chi connectivity index (χ1v) is 7.45. The molecule has 0 atom stereocenters. The number of ether oxygens (including phenoxy) is 1. The average Bonchev–Trinajstić information content (AvgIpc) is 2.48. The maximum Gasteiger partial charge on any atom is 0.200 e. The van der Waals surface area contributed by atoms with Gasteiger partial charge in [-0.25, -0.2) is 4.39 Å². The number of carbonyl (C=O) groups excluding carboxylic acids is 1. The number of ketones is 1. The molecule has 0 N–H and O–H groups in total. The smallest absolute Gasteiger partial charge is 0.200 e. The molecule has 0 radical (unpaired) electrons. The van der Waals surface area contributed by atoms with Crippen LogP contribution in [0.2, 0.25) is 5.02 Å². The lowest BCUT2D eigenvalue weighted by Crippen LogP contribution is -2.11. The van der Waals surface area contributed by atoms with Gasteiger partial charge in [-0.1, -0.05) is 23.7 Å². The highest BCUT2D eigenvalue weighted by Crippen LogP contribution is 2.21. The first-order chi connectivity index (χ1) is 9.60. The van der Waals surface area contributed by atoms with Gasteiger partial charge in [-0.2, -0.15) is 0 Å². The van der Waals surface area contributed by atoms with E-state index in [1.54, 1.807) is 23.9 Å². The Labute approximate surface area is 125 Å². The van der Waals surface area contributed by atoms with Crippen molar-refractivity contribution in [1.29, 1.82) is 0 Å². The average molecular weight is 311 g/mol. The Kier molecular flexibility index (Phi) is 5.04. The predicted octanol–water partition coefficient (Wildman–Crippen LogP) is 4.46. The van der Waals surface area contributed by atoms with E-state index in [9.17, 15) is 9.18 Å². The third-order valence-corrected chi connectivity index (χ3v) is 3.71. The van der Waals surface area contributed by atoms with Gasteiger partial charge in [0.1, 0.15) is 11.6 Å². The molecule has 2 aromatic rings. The van der Waals surface area contributed by atoms with Crippen LogP contribution in [0.3, 0.4) is 0 Å². The highest BCUT2D eigenvalue weighted by atomic mass is 35.5. The molecule has 2 nitrogen and oxygen atoms in total. The predicted molar refractivity (Wildman–Crippen MR) is 79.5 cm³/mol.